The summed E-state index contributed by atoms with van der Waals surface area (Å²) in [7, 11) is 1.66. The summed E-state index contributed by atoms with van der Waals surface area (Å²) in [5.41, 5.74) is 0.981. The van der Waals surface area contributed by atoms with Crippen LogP contribution in [-0.4, -0.2) is 49.5 Å². The zero-order chi connectivity index (χ0) is 21.6. The van der Waals surface area contributed by atoms with Gasteiger partial charge in [-0.3, -0.25) is 4.90 Å². The second-order valence-electron chi connectivity index (χ2n) is 6.50. The summed E-state index contributed by atoms with van der Waals surface area (Å²) in [5.74, 6) is -0.844. The van der Waals surface area contributed by atoms with Crippen molar-refractivity contribution in [2.75, 3.05) is 20.2 Å². The molecule has 0 saturated heterocycles. The van der Waals surface area contributed by atoms with E-state index >= 15 is 0 Å². The fourth-order valence-electron chi connectivity index (χ4n) is 3.06. The number of nitrogens with one attached hydrogen (secondary N) is 2. The second-order valence-corrected chi connectivity index (χ2v) is 6.50. The summed E-state index contributed by atoms with van der Waals surface area (Å²) < 4.78 is 47.0. The Morgan fingerprint density at radius 3 is 2.52 bits per heavy atom. The van der Waals surface area contributed by atoms with Crippen molar-refractivity contribution in [2.45, 2.75) is 39.2 Å². The molecule has 1 aromatic rings. The van der Waals surface area contributed by atoms with Crippen molar-refractivity contribution in [1.82, 2.24) is 15.5 Å². The van der Waals surface area contributed by atoms with Crippen molar-refractivity contribution < 1.29 is 32.2 Å². The molecule has 0 radical (unpaired) electrons. The predicted octanol–water partition coefficient (Wildman–Crippen LogP) is 2.93. The van der Waals surface area contributed by atoms with Crippen LogP contribution in [0.2, 0.25) is 0 Å². The zero-order valence-corrected chi connectivity index (χ0v) is 16.4. The van der Waals surface area contributed by atoms with E-state index < -0.39 is 24.4 Å². The van der Waals surface area contributed by atoms with Crippen molar-refractivity contribution in [3.8, 4) is 5.75 Å². The number of ether oxygens (including phenoxy) is 2. The van der Waals surface area contributed by atoms with Crippen LogP contribution in [0.15, 0.2) is 35.5 Å². The van der Waals surface area contributed by atoms with E-state index in [9.17, 15) is 22.8 Å². The van der Waals surface area contributed by atoms with Crippen LogP contribution in [0.5, 0.6) is 5.75 Å². The molecule has 1 heterocycles. The number of nitrogens with zero attached hydrogens (tertiary/aromatic N) is 1. The highest BCUT2D eigenvalue weighted by Crippen LogP contribution is 2.27. The number of hydrogen-bond donors (Lipinski definition) is 2. The molecular formula is C19H24F3N3O4. The lowest BCUT2D eigenvalue weighted by atomic mass is 10.00. The Morgan fingerprint density at radius 1 is 1.21 bits per heavy atom. The highest BCUT2D eigenvalue weighted by molar-refractivity contribution is 5.94. The van der Waals surface area contributed by atoms with Gasteiger partial charge < -0.3 is 20.1 Å². The van der Waals surface area contributed by atoms with Crippen LogP contribution >= 0.6 is 0 Å². The standard InChI is InChI=1S/C19H24F3N3O4/c1-4-13-16(17(26)28-5-2)14(24-18(27)23-13)11-25(3)10-12-8-6-7-9-15(12)29-19(20,21)22/h6-9,13H,4-5,10-11H2,1-3H3,(H2,23,24,27). The molecule has 0 bridgehead atoms. The van der Waals surface area contributed by atoms with E-state index in [1.807, 2.05) is 6.92 Å². The largest absolute Gasteiger partial charge is 0.573 e. The first kappa shape index (κ1) is 22.5. The Labute approximate surface area is 166 Å². The Kier molecular flexibility index (Phi) is 7.49. The summed E-state index contributed by atoms with van der Waals surface area (Å²) in [5, 5.41) is 5.29. The molecule has 0 aromatic heterocycles. The highest BCUT2D eigenvalue weighted by Gasteiger charge is 2.33. The highest BCUT2D eigenvalue weighted by atomic mass is 19.4. The third kappa shape index (κ3) is 6.38. The van der Waals surface area contributed by atoms with E-state index in [2.05, 4.69) is 15.4 Å². The van der Waals surface area contributed by atoms with Crippen LogP contribution in [0.3, 0.4) is 0 Å². The molecule has 1 aromatic carbocycles. The number of esters is 1. The number of benzene rings is 1. The van der Waals surface area contributed by atoms with E-state index in [1.54, 1.807) is 24.9 Å². The van der Waals surface area contributed by atoms with E-state index in [4.69, 9.17) is 4.74 Å². The Bertz CT molecular complexity index is 780. The SMILES string of the molecule is CCOC(=O)C1=C(CN(C)Cc2ccccc2OC(F)(F)F)NC(=O)NC1CC. The summed E-state index contributed by atoms with van der Waals surface area (Å²) >= 11 is 0. The lowest BCUT2D eigenvalue weighted by Gasteiger charge is -2.30. The number of hydrogen-bond acceptors (Lipinski definition) is 5. The number of amides is 2. The first-order chi connectivity index (χ1) is 13.6. The number of alkyl halides is 3. The molecule has 29 heavy (non-hydrogen) atoms. The van der Waals surface area contributed by atoms with Crippen LogP contribution in [0.4, 0.5) is 18.0 Å². The van der Waals surface area contributed by atoms with Crippen molar-refractivity contribution in [3.05, 3.63) is 41.1 Å². The van der Waals surface area contributed by atoms with Crippen LogP contribution < -0.4 is 15.4 Å². The molecule has 1 unspecified atom stereocenters. The van der Waals surface area contributed by atoms with Crippen LogP contribution in [0.25, 0.3) is 0 Å². The number of carbonyl (C=O) groups excluding carboxylic acids is 2. The number of para-hydroxylation sites is 1. The zero-order valence-electron chi connectivity index (χ0n) is 16.4. The molecule has 7 nitrogen and oxygen atoms in total. The third-order valence-electron chi connectivity index (χ3n) is 4.21. The lowest BCUT2D eigenvalue weighted by molar-refractivity contribution is -0.275. The summed E-state index contributed by atoms with van der Waals surface area (Å²) in [6.07, 6.45) is -4.32. The van der Waals surface area contributed by atoms with Gasteiger partial charge >= 0.3 is 18.4 Å². The Balaban J connectivity index is 2.24. The quantitative estimate of drug-likeness (QED) is 0.639. The molecule has 0 spiro atoms. The molecule has 160 valence electrons. The van der Waals surface area contributed by atoms with Crippen LogP contribution in [0, 0.1) is 0 Å². The van der Waals surface area contributed by atoms with Gasteiger partial charge in [0.15, 0.2) is 0 Å². The second kappa shape index (κ2) is 9.64. The average Bonchev–Trinajstić information content (AvgIpc) is 2.61. The van der Waals surface area contributed by atoms with Crippen molar-refractivity contribution in [3.63, 3.8) is 0 Å². The molecule has 0 saturated carbocycles. The van der Waals surface area contributed by atoms with Crippen LogP contribution in [-0.2, 0) is 16.1 Å². The van der Waals surface area contributed by atoms with Crippen molar-refractivity contribution >= 4 is 12.0 Å². The molecule has 1 aliphatic rings. The monoisotopic (exact) mass is 415 g/mol. The molecule has 0 fully saturated rings. The van der Waals surface area contributed by atoms with E-state index in [0.29, 0.717) is 23.3 Å². The van der Waals surface area contributed by atoms with E-state index in [1.165, 1.54) is 18.2 Å². The van der Waals surface area contributed by atoms with Gasteiger partial charge in [-0.2, -0.15) is 0 Å². The number of likely N-dealkylation sites (N-methyl/N-ethyl adjacent to an activating group) is 1. The van der Waals surface area contributed by atoms with Gasteiger partial charge in [0.2, 0.25) is 0 Å². The normalized spacial score (nSPS) is 17.1. The first-order valence-electron chi connectivity index (χ1n) is 9.14. The van der Waals surface area contributed by atoms with Crippen molar-refractivity contribution in [2.24, 2.45) is 0 Å². The topological polar surface area (TPSA) is 79.9 Å². The molecular weight excluding hydrogens is 391 g/mol. The van der Waals surface area contributed by atoms with Gasteiger partial charge in [-0.25, -0.2) is 9.59 Å². The lowest BCUT2D eigenvalue weighted by Crippen LogP contribution is -2.51. The minimum atomic E-state index is -4.80. The van der Waals surface area contributed by atoms with Gasteiger partial charge in [0.1, 0.15) is 5.75 Å². The Morgan fingerprint density at radius 2 is 1.90 bits per heavy atom. The molecule has 2 N–H and O–H groups in total. The summed E-state index contributed by atoms with van der Waals surface area (Å²) in [6, 6.07) is 4.86. The van der Waals surface area contributed by atoms with E-state index in [-0.39, 0.29) is 25.4 Å². The van der Waals surface area contributed by atoms with Crippen LogP contribution in [0.1, 0.15) is 25.8 Å². The van der Waals surface area contributed by atoms with Gasteiger partial charge in [0, 0.05) is 24.4 Å². The average molecular weight is 415 g/mol. The number of urea groups is 1. The fourth-order valence-corrected chi connectivity index (χ4v) is 3.06. The summed E-state index contributed by atoms with van der Waals surface area (Å²) in [6.45, 7) is 3.90. The molecule has 0 aliphatic carbocycles. The third-order valence-corrected chi connectivity index (χ3v) is 4.21. The minimum Gasteiger partial charge on any atom is -0.463 e. The van der Waals surface area contributed by atoms with Gasteiger partial charge in [0.25, 0.3) is 0 Å². The van der Waals surface area contributed by atoms with Gasteiger partial charge in [-0.1, -0.05) is 25.1 Å². The predicted molar refractivity (Wildman–Crippen MR) is 98.9 cm³/mol. The number of carbonyl (C=O) groups is 2. The Hall–Kier alpha value is -2.75. The van der Waals surface area contributed by atoms with E-state index in [0.717, 1.165) is 0 Å². The van der Waals surface area contributed by atoms with Gasteiger partial charge in [-0.05, 0) is 26.5 Å². The number of rotatable bonds is 8. The molecule has 1 aliphatic heterocycles. The minimum absolute atomic E-state index is 0.103. The summed E-state index contributed by atoms with van der Waals surface area (Å²) in [4.78, 5) is 26.0. The van der Waals surface area contributed by atoms with Gasteiger partial charge in [-0.15, -0.1) is 13.2 Å². The maximum absolute atomic E-state index is 12.6. The number of halogens is 3. The van der Waals surface area contributed by atoms with Crippen molar-refractivity contribution in [1.29, 1.82) is 0 Å². The molecule has 10 heteroatoms. The fraction of sp³-hybridized carbons (Fsp3) is 0.474. The van der Waals surface area contributed by atoms with Gasteiger partial charge in [0.05, 0.1) is 18.2 Å². The molecule has 2 rings (SSSR count). The molecule has 2 amide bonds. The molecule has 1 atom stereocenters. The first-order valence-corrected chi connectivity index (χ1v) is 9.14. The maximum atomic E-state index is 12.6. The maximum Gasteiger partial charge on any atom is 0.573 e. The smallest absolute Gasteiger partial charge is 0.463 e.